The standard InChI is InChI=1S/C10H11N2O5P/c1-6(13)5-9-11-7-3-2-4-8(10(7)12-9)17-18(14,15)16/h2-4H,5H2,1H3,(H,11,12)(H2,14,15,16). The lowest BCUT2D eigenvalue weighted by Gasteiger charge is -2.06. The number of rotatable bonds is 4. The third-order valence-electron chi connectivity index (χ3n) is 2.16. The average molecular weight is 270 g/mol. The summed E-state index contributed by atoms with van der Waals surface area (Å²) in [7, 11) is -4.63. The monoisotopic (exact) mass is 270 g/mol. The Morgan fingerprint density at radius 2 is 2.22 bits per heavy atom. The number of aromatic amines is 1. The van der Waals surface area contributed by atoms with Crippen LogP contribution in [0.1, 0.15) is 12.7 Å². The van der Waals surface area contributed by atoms with Crippen molar-refractivity contribution >= 4 is 24.6 Å². The molecule has 0 spiro atoms. The van der Waals surface area contributed by atoms with Crippen LogP contribution in [0.4, 0.5) is 0 Å². The van der Waals surface area contributed by atoms with Gasteiger partial charge in [-0.25, -0.2) is 9.55 Å². The Balaban J connectivity index is 2.45. The van der Waals surface area contributed by atoms with Crippen LogP contribution in [0.2, 0.25) is 0 Å². The highest BCUT2D eigenvalue weighted by Gasteiger charge is 2.19. The number of benzene rings is 1. The molecule has 0 saturated heterocycles. The van der Waals surface area contributed by atoms with Gasteiger partial charge in [0.2, 0.25) is 0 Å². The summed E-state index contributed by atoms with van der Waals surface area (Å²) in [6.45, 7) is 1.43. The fraction of sp³-hybridized carbons (Fsp3) is 0.200. The lowest BCUT2D eigenvalue weighted by atomic mass is 10.3. The first kappa shape index (κ1) is 12.8. The molecule has 0 aliphatic carbocycles. The van der Waals surface area contributed by atoms with E-state index in [0.717, 1.165) is 0 Å². The van der Waals surface area contributed by atoms with Crippen molar-refractivity contribution in [2.45, 2.75) is 13.3 Å². The number of phosphoric ester groups is 1. The second kappa shape index (κ2) is 4.53. The van der Waals surface area contributed by atoms with Crippen molar-refractivity contribution in [1.82, 2.24) is 9.97 Å². The van der Waals surface area contributed by atoms with Crippen molar-refractivity contribution in [3.63, 3.8) is 0 Å². The zero-order valence-electron chi connectivity index (χ0n) is 9.45. The minimum absolute atomic E-state index is 0.0214. The number of hydrogen-bond acceptors (Lipinski definition) is 4. The Morgan fingerprint density at radius 3 is 2.83 bits per heavy atom. The molecule has 8 heteroatoms. The minimum Gasteiger partial charge on any atom is -0.402 e. The second-order valence-electron chi connectivity index (χ2n) is 3.80. The van der Waals surface area contributed by atoms with Gasteiger partial charge in [0.05, 0.1) is 11.9 Å². The SMILES string of the molecule is CC(=O)Cc1nc2c(OP(=O)(O)O)cccc2[nH]1. The van der Waals surface area contributed by atoms with Crippen LogP contribution in [-0.2, 0) is 15.8 Å². The smallest absolute Gasteiger partial charge is 0.402 e. The Hall–Kier alpha value is -1.69. The van der Waals surface area contributed by atoms with Gasteiger partial charge in [0.15, 0.2) is 5.75 Å². The van der Waals surface area contributed by atoms with Gasteiger partial charge in [0.25, 0.3) is 0 Å². The first-order valence-electron chi connectivity index (χ1n) is 5.07. The molecule has 0 fully saturated rings. The highest BCUT2D eigenvalue weighted by Crippen LogP contribution is 2.39. The van der Waals surface area contributed by atoms with E-state index in [-0.39, 0.29) is 23.5 Å². The van der Waals surface area contributed by atoms with E-state index in [2.05, 4.69) is 14.5 Å². The maximum atomic E-state index is 11.0. The summed E-state index contributed by atoms with van der Waals surface area (Å²) in [5.74, 6) is 0.345. The summed E-state index contributed by atoms with van der Waals surface area (Å²) in [6, 6.07) is 4.65. The van der Waals surface area contributed by atoms with Crippen LogP contribution in [-0.4, -0.2) is 25.5 Å². The number of imidazole rings is 1. The number of aromatic nitrogens is 2. The molecule has 0 atom stereocenters. The third kappa shape index (κ3) is 2.95. The first-order chi connectivity index (χ1) is 8.35. The number of nitrogens with one attached hydrogen (secondary N) is 1. The lowest BCUT2D eigenvalue weighted by molar-refractivity contribution is -0.116. The number of ketones is 1. The summed E-state index contributed by atoms with van der Waals surface area (Å²) in [5.41, 5.74) is 0.842. The summed E-state index contributed by atoms with van der Waals surface area (Å²) in [5, 5.41) is 0. The Bertz CT molecular complexity index is 645. The highest BCUT2D eigenvalue weighted by molar-refractivity contribution is 7.46. The van der Waals surface area contributed by atoms with E-state index in [9.17, 15) is 9.36 Å². The molecule has 1 aromatic carbocycles. The van der Waals surface area contributed by atoms with E-state index in [1.54, 1.807) is 12.1 Å². The average Bonchev–Trinajstić information content (AvgIpc) is 2.57. The summed E-state index contributed by atoms with van der Waals surface area (Å²) in [4.78, 5) is 35.5. The molecule has 2 rings (SSSR count). The molecule has 0 amide bonds. The fourth-order valence-corrected chi connectivity index (χ4v) is 1.98. The van der Waals surface area contributed by atoms with Crippen molar-refractivity contribution in [2.24, 2.45) is 0 Å². The molecule has 3 N–H and O–H groups in total. The number of phosphoric acid groups is 1. The van der Waals surface area contributed by atoms with Gasteiger partial charge in [0.1, 0.15) is 17.1 Å². The molecule has 7 nitrogen and oxygen atoms in total. The topological polar surface area (TPSA) is 113 Å². The molecular formula is C10H11N2O5P. The number of Topliss-reactive ketones (excluding diaryl/α,β-unsaturated/α-hetero) is 1. The Morgan fingerprint density at radius 1 is 1.50 bits per heavy atom. The van der Waals surface area contributed by atoms with Gasteiger partial charge in [-0.15, -0.1) is 0 Å². The molecule has 0 aliphatic rings. The van der Waals surface area contributed by atoms with Crippen molar-refractivity contribution < 1.29 is 23.7 Å². The molecule has 96 valence electrons. The van der Waals surface area contributed by atoms with Crippen molar-refractivity contribution in [1.29, 1.82) is 0 Å². The molecule has 0 aliphatic heterocycles. The van der Waals surface area contributed by atoms with E-state index in [4.69, 9.17) is 9.79 Å². The largest absolute Gasteiger partial charge is 0.524 e. The van der Waals surface area contributed by atoms with Gasteiger partial charge in [0, 0.05) is 0 Å². The number of carbonyl (C=O) groups excluding carboxylic acids is 1. The number of fused-ring (bicyclic) bond motifs is 1. The number of para-hydroxylation sites is 1. The van der Waals surface area contributed by atoms with Crippen LogP contribution >= 0.6 is 7.82 Å². The summed E-state index contributed by atoms with van der Waals surface area (Å²) in [6.07, 6.45) is 0.129. The number of carbonyl (C=O) groups is 1. The van der Waals surface area contributed by atoms with E-state index in [1.165, 1.54) is 13.0 Å². The number of hydrogen-bond donors (Lipinski definition) is 3. The van der Waals surface area contributed by atoms with Crippen LogP contribution in [0.15, 0.2) is 18.2 Å². The molecule has 0 bridgehead atoms. The van der Waals surface area contributed by atoms with Crippen molar-refractivity contribution in [3.8, 4) is 5.75 Å². The molecule has 1 heterocycles. The van der Waals surface area contributed by atoms with Crippen LogP contribution in [0.5, 0.6) is 5.75 Å². The molecule has 0 saturated carbocycles. The molecule has 2 aromatic rings. The first-order valence-corrected chi connectivity index (χ1v) is 6.60. The molecular weight excluding hydrogens is 259 g/mol. The quantitative estimate of drug-likeness (QED) is 0.719. The molecule has 1 aromatic heterocycles. The van der Waals surface area contributed by atoms with Gasteiger partial charge in [-0.2, -0.15) is 0 Å². The molecule has 0 unspecified atom stereocenters. The van der Waals surface area contributed by atoms with E-state index < -0.39 is 7.82 Å². The number of nitrogens with zero attached hydrogens (tertiary/aromatic N) is 1. The van der Waals surface area contributed by atoms with E-state index in [1.807, 2.05) is 0 Å². The van der Waals surface area contributed by atoms with Crippen LogP contribution in [0.3, 0.4) is 0 Å². The highest BCUT2D eigenvalue weighted by atomic mass is 31.2. The van der Waals surface area contributed by atoms with Crippen LogP contribution in [0, 0.1) is 0 Å². The minimum atomic E-state index is -4.63. The second-order valence-corrected chi connectivity index (χ2v) is 4.96. The maximum Gasteiger partial charge on any atom is 0.524 e. The van der Waals surface area contributed by atoms with Crippen LogP contribution < -0.4 is 4.52 Å². The van der Waals surface area contributed by atoms with E-state index in [0.29, 0.717) is 11.3 Å². The van der Waals surface area contributed by atoms with Crippen molar-refractivity contribution in [3.05, 3.63) is 24.0 Å². The third-order valence-corrected chi connectivity index (χ3v) is 2.59. The zero-order chi connectivity index (χ0) is 13.3. The van der Waals surface area contributed by atoms with Gasteiger partial charge < -0.3 is 9.51 Å². The van der Waals surface area contributed by atoms with Gasteiger partial charge in [-0.05, 0) is 19.1 Å². The van der Waals surface area contributed by atoms with Crippen molar-refractivity contribution in [2.75, 3.05) is 0 Å². The molecule has 18 heavy (non-hydrogen) atoms. The summed E-state index contributed by atoms with van der Waals surface area (Å²) >= 11 is 0. The maximum absolute atomic E-state index is 11.0. The summed E-state index contributed by atoms with van der Waals surface area (Å²) < 4.78 is 15.3. The van der Waals surface area contributed by atoms with Gasteiger partial charge >= 0.3 is 7.82 Å². The lowest BCUT2D eigenvalue weighted by Crippen LogP contribution is -1.97. The Labute approximate surface area is 102 Å². The Kier molecular flexibility index (Phi) is 3.21. The van der Waals surface area contributed by atoms with Crippen LogP contribution in [0.25, 0.3) is 11.0 Å². The van der Waals surface area contributed by atoms with Gasteiger partial charge in [-0.1, -0.05) is 6.07 Å². The van der Waals surface area contributed by atoms with E-state index >= 15 is 0 Å². The predicted molar refractivity (Wildman–Crippen MR) is 63.2 cm³/mol. The normalized spacial score (nSPS) is 11.7. The zero-order valence-corrected chi connectivity index (χ0v) is 10.3. The predicted octanol–water partition coefficient (Wildman–Crippen LogP) is 1.17. The number of H-pyrrole nitrogens is 1. The van der Waals surface area contributed by atoms with Gasteiger partial charge in [-0.3, -0.25) is 14.6 Å². The molecule has 0 radical (unpaired) electrons. The fourth-order valence-electron chi connectivity index (χ4n) is 1.58.